The highest BCUT2D eigenvalue weighted by Gasteiger charge is 2.35. The van der Waals surface area contributed by atoms with Crippen molar-refractivity contribution in [2.75, 3.05) is 11.9 Å². The van der Waals surface area contributed by atoms with Gasteiger partial charge in [-0.15, -0.1) is 10.2 Å². The van der Waals surface area contributed by atoms with Crippen LogP contribution in [0.15, 0.2) is 36.9 Å². The second-order valence-electron chi connectivity index (χ2n) is 5.24. The Balaban J connectivity index is 1.78. The van der Waals surface area contributed by atoms with Gasteiger partial charge in [0.2, 0.25) is 5.91 Å². The van der Waals surface area contributed by atoms with Crippen molar-refractivity contribution in [3.05, 3.63) is 36.9 Å². The van der Waals surface area contributed by atoms with E-state index in [1.165, 1.54) is 0 Å². The summed E-state index contributed by atoms with van der Waals surface area (Å²) >= 11 is 0. The van der Waals surface area contributed by atoms with Gasteiger partial charge in [-0.05, 0) is 44.5 Å². The maximum absolute atomic E-state index is 12.3. The molecule has 0 saturated carbocycles. The number of amides is 1. The molecule has 1 fully saturated rings. The predicted octanol–water partition coefficient (Wildman–Crippen LogP) is 1.35. The Morgan fingerprint density at radius 2 is 2.20 bits per heavy atom. The van der Waals surface area contributed by atoms with E-state index in [1.54, 1.807) is 17.2 Å². The Bertz CT molecular complexity index is 602. The summed E-state index contributed by atoms with van der Waals surface area (Å²) in [5.41, 5.74) is 1.22. The smallest absolute Gasteiger partial charge is 0.244 e. The van der Waals surface area contributed by atoms with Gasteiger partial charge in [0.15, 0.2) is 0 Å². The fourth-order valence-electron chi connectivity index (χ4n) is 2.44. The van der Waals surface area contributed by atoms with Crippen LogP contribution >= 0.6 is 0 Å². The molecular formula is C14H17N5O. The van der Waals surface area contributed by atoms with Gasteiger partial charge in [0, 0.05) is 5.69 Å². The molecular weight excluding hydrogens is 254 g/mol. The van der Waals surface area contributed by atoms with Gasteiger partial charge in [-0.3, -0.25) is 9.36 Å². The number of nitrogens with zero attached hydrogens (tertiary/aromatic N) is 3. The molecule has 2 heterocycles. The van der Waals surface area contributed by atoms with Gasteiger partial charge in [0.1, 0.15) is 12.7 Å². The van der Waals surface area contributed by atoms with Crippen LogP contribution in [-0.4, -0.2) is 32.8 Å². The van der Waals surface area contributed by atoms with Crippen LogP contribution in [0.1, 0.15) is 19.8 Å². The predicted molar refractivity (Wildman–Crippen MR) is 75.6 cm³/mol. The SMILES string of the molecule is CC1(C(=O)Nc2cccc(-n3cnnc3)c2)CCCN1. The van der Waals surface area contributed by atoms with Gasteiger partial charge in [0.25, 0.3) is 0 Å². The third-order valence-electron chi connectivity index (χ3n) is 3.69. The minimum atomic E-state index is -0.466. The number of carbonyl (C=O) groups excluding carboxylic acids is 1. The molecule has 1 aromatic heterocycles. The molecule has 0 bridgehead atoms. The lowest BCUT2D eigenvalue weighted by Gasteiger charge is -2.23. The molecule has 0 radical (unpaired) electrons. The number of hydrogen-bond acceptors (Lipinski definition) is 4. The molecule has 0 aliphatic carbocycles. The van der Waals surface area contributed by atoms with E-state index in [-0.39, 0.29) is 5.91 Å². The quantitative estimate of drug-likeness (QED) is 0.884. The number of nitrogens with one attached hydrogen (secondary N) is 2. The number of carbonyl (C=O) groups is 1. The third kappa shape index (κ3) is 2.42. The first-order valence-electron chi connectivity index (χ1n) is 6.69. The zero-order valence-electron chi connectivity index (χ0n) is 11.3. The van der Waals surface area contributed by atoms with Gasteiger partial charge < -0.3 is 10.6 Å². The molecule has 3 rings (SSSR count). The van der Waals surface area contributed by atoms with Crippen LogP contribution in [0, 0.1) is 0 Å². The van der Waals surface area contributed by atoms with E-state index in [0.717, 1.165) is 30.8 Å². The first-order valence-corrected chi connectivity index (χ1v) is 6.69. The highest BCUT2D eigenvalue weighted by Crippen LogP contribution is 2.21. The Morgan fingerprint density at radius 1 is 1.40 bits per heavy atom. The first-order chi connectivity index (χ1) is 9.67. The molecule has 1 unspecified atom stereocenters. The van der Waals surface area contributed by atoms with Crippen molar-refractivity contribution in [1.29, 1.82) is 0 Å². The molecule has 6 heteroatoms. The van der Waals surface area contributed by atoms with Gasteiger partial charge in [0.05, 0.1) is 11.2 Å². The molecule has 1 saturated heterocycles. The summed E-state index contributed by atoms with van der Waals surface area (Å²) in [4.78, 5) is 12.3. The Hall–Kier alpha value is -2.21. The van der Waals surface area contributed by atoms with Crippen molar-refractivity contribution in [2.24, 2.45) is 0 Å². The van der Waals surface area contributed by atoms with Crippen LogP contribution in [-0.2, 0) is 4.79 Å². The van der Waals surface area contributed by atoms with E-state index in [1.807, 2.05) is 31.2 Å². The zero-order valence-corrected chi connectivity index (χ0v) is 11.3. The standard InChI is InChI=1S/C14H17N5O/c1-14(6-3-7-15-14)13(20)18-11-4-2-5-12(8-11)19-9-16-17-10-19/h2,4-5,8-10,15H,3,6-7H2,1H3,(H,18,20). The monoisotopic (exact) mass is 271 g/mol. The van der Waals surface area contributed by atoms with E-state index >= 15 is 0 Å². The molecule has 1 amide bonds. The molecule has 1 aromatic carbocycles. The van der Waals surface area contributed by atoms with Crippen LogP contribution in [0.5, 0.6) is 0 Å². The summed E-state index contributed by atoms with van der Waals surface area (Å²) in [5, 5.41) is 13.8. The zero-order chi connectivity index (χ0) is 14.0. The summed E-state index contributed by atoms with van der Waals surface area (Å²) in [6, 6.07) is 7.62. The second-order valence-corrected chi connectivity index (χ2v) is 5.24. The normalized spacial score (nSPS) is 21.9. The maximum atomic E-state index is 12.3. The van der Waals surface area contributed by atoms with Crippen LogP contribution in [0.4, 0.5) is 5.69 Å². The fraction of sp³-hybridized carbons (Fsp3) is 0.357. The second kappa shape index (κ2) is 5.05. The summed E-state index contributed by atoms with van der Waals surface area (Å²) < 4.78 is 1.80. The summed E-state index contributed by atoms with van der Waals surface area (Å²) in [6.07, 6.45) is 5.15. The van der Waals surface area contributed by atoms with Crippen LogP contribution in [0.3, 0.4) is 0 Å². The van der Waals surface area contributed by atoms with E-state index in [0.29, 0.717) is 0 Å². The van der Waals surface area contributed by atoms with E-state index in [2.05, 4.69) is 20.8 Å². The number of aromatic nitrogens is 3. The van der Waals surface area contributed by atoms with Crippen LogP contribution in [0.25, 0.3) is 5.69 Å². The van der Waals surface area contributed by atoms with Crippen molar-refractivity contribution in [2.45, 2.75) is 25.3 Å². The summed E-state index contributed by atoms with van der Waals surface area (Å²) in [5.74, 6) is 0.0101. The molecule has 2 N–H and O–H groups in total. The third-order valence-corrected chi connectivity index (χ3v) is 3.69. The van der Waals surface area contributed by atoms with Crippen molar-refractivity contribution < 1.29 is 4.79 Å². The number of hydrogen-bond donors (Lipinski definition) is 2. The lowest BCUT2D eigenvalue weighted by molar-refractivity contribution is -0.121. The highest BCUT2D eigenvalue weighted by atomic mass is 16.2. The number of anilines is 1. The van der Waals surface area contributed by atoms with Crippen molar-refractivity contribution >= 4 is 11.6 Å². The average molecular weight is 271 g/mol. The molecule has 0 spiro atoms. The largest absolute Gasteiger partial charge is 0.324 e. The average Bonchev–Trinajstić information content (AvgIpc) is 3.11. The number of benzene rings is 1. The molecule has 6 nitrogen and oxygen atoms in total. The van der Waals surface area contributed by atoms with Gasteiger partial charge in [-0.1, -0.05) is 6.07 Å². The minimum Gasteiger partial charge on any atom is -0.324 e. The van der Waals surface area contributed by atoms with E-state index in [4.69, 9.17) is 0 Å². The van der Waals surface area contributed by atoms with E-state index in [9.17, 15) is 4.79 Å². The molecule has 1 atom stereocenters. The van der Waals surface area contributed by atoms with Gasteiger partial charge in [-0.2, -0.15) is 0 Å². The van der Waals surface area contributed by atoms with Gasteiger partial charge >= 0.3 is 0 Å². The fourth-order valence-corrected chi connectivity index (χ4v) is 2.44. The summed E-state index contributed by atoms with van der Waals surface area (Å²) in [6.45, 7) is 2.84. The lowest BCUT2D eigenvalue weighted by atomic mass is 9.99. The van der Waals surface area contributed by atoms with Crippen molar-refractivity contribution in [1.82, 2.24) is 20.1 Å². The van der Waals surface area contributed by atoms with Crippen molar-refractivity contribution in [3.8, 4) is 5.69 Å². The number of rotatable bonds is 3. The lowest BCUT2D eigenvalue weighted by Crippen LogP contribution is -2.47. The van der Waals surface area contributed by atoms with Crippen molar-refractivity contribution in [3.63, 3.8) is 0 Å². The molecule has 1 aliphatic rings. The molecule has 2 aromatic rings. The van der Waals surface area contributed by atoms with E-state index < -0.39 is 5.54 Å². The van der Waals surface area contributed by atoms with Crippen LogP contribution < -0.4 is 10.6 Å². The first kappa shape index (κ1) is 12.8. The minimum absolute atomic E-state index is 0.0101. The molecule has 20 heavy (non-hydrogen) atoms. The molecule has 104 valence electrons. The topological polar surface area (TPSA) is 71.8 Å². The molecule has 1 aliphatic heterocycles. The summed E-state index contributed by atoms with van der Waals surface area (Å²) in [7, 11) is 0. The van der Waals surface area contributed by atoms with Gasteiger partial charge in [-0.25, -0.2) is 0 Å². The van der Waals surface area contributed by atoms with Crippen LogP contribution in [0.2, 0.25) is 0 Å². The highest BCUT2D eigenvalue weighted by molar-refractivity contribution is 5.98. The maximum Gasteiger partial charge on any atom is 0.244 e. The Morgan fingerprint density at radius 3 is 2.90 bits per heavy atom. The Kier molecular flexibility index (Phi) is 3.23. The Labute approximate surface area is 117 Å².